The van der Waals surface area contributed by atoms with Crippen molar-refractivity contribution < 1.29 is 14.3 Å². The van der Waals surface area contributed by atoms with Gasteiger partial charge in [-0.2, -0.15) is 0 Å². The number of hydrogen-bond acceptors (Lipinski definition) is 3. The lowest BCUT2D eigenvalue weighted by Gasteiger charge is -2.21. The summed E-state index contributed by atoms with van der Waals surface area (Å²) in [7, 11) is 0. The van der Waals surface area contributed by atoms with Crippen molar-refractivity contribution in [1.29, 1.82) is 0 Å². The van der Waals surface area contributed by atoms with Crippen LogP contribution >= 0.6 is 0 Å². The van der Waals surface area contributed by atoms with E-state index >= 15 is 0 Å². The number of allylic oxidation sites excluding steroid dienone is 1. The minimum Gasteiger partial charge on any atom is -0.456 e. The number of fused-ring (bicyclic) bond motifs is 1. The van der Waals surface area contributed by atoms with Crippen molar-refractivity contribution in [3.05, 3.63) is 71.4 Å². The summed E-state index contributed by atoms with van der Waals surface area (Å²) < 4.78 is 5.98. The van der Waals surface area contributed by atoms with E-state index in [-0.39, 0.29) is 28.9 Å². The van der Waals surface area contributed by atoms with Crippen LogP contribution in [0.25, 0.3) is 0 Å². The molecule has 0 saturated heterocycles. The van der Waals surface area contributed by atoms with E-state index in [2.05, 4.69) is 25.7 Å². The third-order valence-corrected chi connectivity index (χ3v) is 3.80. The van der Waals surface area contributed by atoms with Gasteiger partial charge in [0.1, 0.15) is 11.5 Å². The molecule has 1 aliphatic heterocycles. The Morgan fingerprint density at radius 1 is 1.00 bits per heavy atom. The SMILES string of the molecule is C=C1NC(=O)c2c(Oc3ccccc3C(C)C)cccc2C1=O. The maximum Gasteiger partial charge on any atom is 0.260 e. The summed E-state index contributed by atoms with van der Waals surface area (Å²) in [5.74, 6) is 0.667. The zero-order valence-electron chi connectivity index (χ0n) is 13.1. The third kappa shape index (κ3) is 2.63. The Morgan fingerprint density at radius 3 is 2.43 bits per heavy atom. The fourth-order valence-electron chi connectivity index (χ4n) is 2.63. The first-order chi connectivity index (χ1) is 11.0. The molecule has 0 atom stereocenters. The van der Waals surface area contributed by atoms with Gasteiger partial charge in [-0.3, -0.25) is 9.59 Å². The van der Waals surface area contributed by atoms with Gasteiger partial charge in [0.25, 0.3) is 5.91 Å². The molecular formula is C19H17NO3. The Kier molecular flexibility index (Phi) is 3.74. The van der Waals surface area contributed by atoms with Crippen LogP contribution in [0.15, 0.2) is 54.7 Å². The molecular weight excluding hydrogens is 290 g/mol. The Morgan fingerprint density at radius 2 is 1.70 bits per heavy atom. The molecule has 2 aromatic rings. The van der Waals surface area contributed by atoms with Crippen LogP contribution in [0.1, 0.15) is 46.0 Å². The average Bonchev–Trinajstić information content (AvgIpc) is 2.53. The van der Waals surface area contributed by atoms with Crippen molar-refractivity contribution in [2.75, 3.05) is 0 Å². The molecule has 4 heteroatoms. The average molecular weight is 307 g/mol. The number of carbonyl (C=O) groups excluding carboxylic acids is 2. The lowest BCUT2D eigenvalue weighted by atomic mass is 9.96. The number of benzene rings is 2. The van der Waals surface area contributed by atoms with Crippen molar-refractivity contribution in [3.63, 3.8) is 0 Å². The number of nitrogens with one attached hydrogen (secondary N) is 1. The van der Waals surface area contributed by atoms with Gasteiger partial charge in [-0.05, 0) is 29.7 Å². The smallest absolute Gasteiger partial charge is 0.260 e. The van der Waals surface area contributed by atoms with Gasteiger partial charge in [-0.1, -0.05) is 44.7 Å². The van der Waals surface area contributed by atoms with Crippen molar-refractivity contribution >= 4 is 11.7 Å². The van der Waals surface area contributed by atoms with E-state index in [0.717, 1.165) is 5.56 Å². The van der Waals surface area contributed by atoms with E-state index in [0.29, 0.717) is 17.1 Å². The standard InChI is InChI=1S/C19H17NO3/c1-11(2)13-7-4-5-9-15(13)23-16-10-6-8-14-17(16)19(22)20-12(3)18(14)21/h4-11H,3H2,1-2H3,(H,20,22). The zero-order chi connectivity index (χ0) is 16.6. The first-order valence-corrected chi connectivity index (χ1v) is 7.43. The number of carbonyl (C=O) groups is 2. The molecule has 3 rings (SSSR count). The fourth-order valence-corrected chi connectivity index (χ4v) is 2.63. The van der Waals surface area contributed by atoms with E-state index in [4.69, 9.17) is 4.74 Å². The molecule has 4 nitrogen and oxygen atoms in total. The molecule has 0 spiro atoms. The van der Waals surface area contributed by atoms with Gasteiger partial charge in [0, 0.05) is 5.56 Å². The van der Waals surface area contributed by atoms with Crippen molar-refractivity contribution in [2.45, 2.75) is 19.8 Å². The molecule has 0 unspecified atom stereocenters. The van der Waals surface area contributed by atoms with E-state index < -0.39 is 0 Å². The third-order valence-electron chi connectivity index (χ3n) is 3.80. The summed E-state index contributed by atoms with van der Waals surface area (Å²) in [6, 6.07) is 12.7. The van der Waals surface area contributed by atoms with Crippen LogP contribution in [-0.4, -0.2) is 11.7 Å². The van der Waals surface area contributed by atoms with Gasteiger partial charge in [0.2, 0.25) is 5.78 Å². The lowest BCUT2D eigenvalue weighted by molar-refractivity contribution is 0.0907. The van der Waals surface area contributed by atoms with Gasteiger partial charge in [-0.25, -0.2) is 0 Å². The fraction of sp³-hybridized carbons (Fsp3) is 0.158. The number of ether oxygens (including phenoxy) is 1. The second kappa shape index (κ2) is 5.72. The van der Waals surface area contributed by atoms with E-state index in [1.165, 1.54) is 0 Å². The predicted molar refractivity (Wildman–Crippen MR) is 88.0 cm³/mol. The summed E-state index contributed by atoms with van der Waals surface area (Å²) in [6.07, 6.45) is 0. The number of Topliss-reactive ketones (excluding diaryl/α,β-unsaturated/α-hetero) is 1. The molecule has 0 saturated carbocycles. The molecule has 23 heavy (non-hydrogen) atoms. The molecule has 1 heterocycles. The molecule has 1 N–H and O–H groups in total. The molecule has 0 radical (unpaired) electrons. The topological polar surface area (TPSA) is 55.4 Å². The van der Waals surface area contributed by atoms with Crippen molar-refractivity contribution in [3.8, 4) is 11.5 Å². The van der Waals surface area contributed by atoms with Crippen LogP contribution in [-0.2, 0) is 0 Å². The second-order valence-electron chi connectivity index (χ2n) is 5.74. The number of para-hydroxylation sites is 1. The molecule has 0 aliphatic carbocycles. The summed E-state index contributed by atoms with van der Waals surface area (Å²) in [5.41, 5.74) is 1.70. The number of amides is 1. The normalized spacial score (nSPS) is 13.8. The van der Waals surface area contributed by atoms with Crippen LogP contribution in [0.3, 0.4) is 0 Å². The number of hydrogen-bond donors (Lipinski definition) is 1. The molecule has 116 valence electrons. The minimum absolute atomic E-state index is 0.0854. The highest BCUT2D eigenvalue weighted by molar-refractivity contribution is 6.21. The van der Waals surface area contributed by atoms with Gasteiger partial charge >= 0.3 is 0 Å². The van der Waals surface area contributed by atoms with Crippen LogP contribution in [0.4, 0.5) is 0 Å². The monoisotopic (exact) mass is 307 g/mol. The summed E-state index contributed by atoms with van der Waals surface area (Å²) in [6.45, 7) is 7.72. The highest BCUT2D eigenvalue weighted by Crippen LogP contribution is 2.34. The van der Waals surface area contributed by atoms with Crippen molar-refractivity contribution in [2.24, 2.45) is 0 Å². The molecule has 1 amide bonds. The second-order valence-corrected chi connectivity index (χ2v) is 5.74. The molecule has 0 bridgehead atoms. The maximum atomic E-state index is 12.3. The van der Waals surface area contributed by atoms with Gasteiger partial charge < -0.3 is 10.1 Å². The van der Waals surface area contributed by atoms with Gasteiger partial charge in [0.05, 0.1) is 11.3 Å². The van der Waals surface area contributed by atoms with Gasteiger partial charge in [0.15, 0.2) is 0 Å². The maximum absolute atomic E-state index is 12.3. The summed E-state index contributed by atoms with van der Waals surface area (Å²) in [5, 5.41) is 2.49. The first-order valence-electron chi connectivity index (χ1n) is 7.43. The Bertz CT molecular complexity index is 821. The first kappa shape index (κ1) is 15.0. The quantitative estimate of drug-likeness (QED) is 0.871. The van der Waals surface area contributed by atoms with E-state index in [9.17, 15) is 9.59 Å². The Hall–Kier alpha value is -2.88. The Balaban J connectivity index is 2.08. The molecule has 0 fully saturated rings. The van der Waals surface area contributed by atoms with E-state index in [1.54, 1.807) is 18.2 Å². The van der Waals surface area contributed by atoms with Gasteiger partial charge in [-0.15, -0.1) is 0 Å². The largest absolute Gasteiger partial charge is 0.456 e. The van der Waals surface area contributed by atoms with Crippen LogP contribution in [0.2, 0.25) is 0 Å². The van der Waals surface area contributed by atoms with E-state index in [1.807, 2.05) is 24.3 Å². The van der Waals surface area contributed by atoms with Crippen molar-refractivity contribution in [1.82, 2.24) is 5.32 Å². The molecule has 0 aromatic heterocycles. The highest BCUT2D eigenvalue weighted by Gasteiger charge is 2.29. The summed E-state index contributed by atoms with van der Waals surface area (Å²) >= 11 is 0. The van der Waals surface area contributed by atoms with Crippen LogP contribution in [0, 0.1) is 0 Å². The summed E-state index contributed by atoms with van der Waals surface area (Å²) in [4.78, 5) is 24.4. The predicted octanol–water partition coefficient (Wildman–Crippen LogP) is 4.04. The Labute approximate surface area is 134 Å². The molecule has 2 aromatic carbocycles. The number of ketones is 1. The number of rotatable bonds is 3. The highest BCUT2D eigenvalue weighted by atomic mass is 16.5. The zero-order valence-corrected chi connectivity index (χ0v) is 13.1. The van der Waals surface area contributed by atoms with Crippen LogP contribution in [0.5, 0.6) is 11.5 Å². The van der Waals surface area contributed by atoms with Crippen LogP contribution < -0.4 is 10.1 Å². The molecule has 1 aliphatic rings. The minimum atomic E-state index is -0.373. The lowest BCUT2D eigenvalue weighted by Crippen LogP contribution is -2.34.